The minimum absolute atomic E-state index is 0.829. The number of imidazole rings is 1. The molecule has 2 aromatic carbocycles. The predicted molar refractivity (Wildman–Crippen MR) is 111 cm³/mol. The van der Waals surface area contributed by atoms with Gasteiger partial charge in [0.25, 0.3) is 0 Å². The Morgan fingerprint density at radius 1 is 1.04 bits per heavy atom. The van der Waals surface area contributed by atoms with Gasteiger partial charge < -0.3 is 4.57 Å². The first kappa shape index (κ1) is 17.0. The van der Waals surface area contributed by atoms with Crippen LogP contribution in [0.4, 0.5) is 0 Å². The summed E-state index contributed by atoms with van der Waals surface area (Å²) in [6.07, 6.45) is 6.29. The van der Waals surface area contributed by atoms with Crippen LogP contribution in [0.5, 0.6) is 0 Å². The zero-order valence-corrected chi connectivity index (χ0v) is 16.3. The summed E-state index contributed by atoms with van der Waals surface area (Å²) >= 11 is 0. The van der Waals surface area contributed by atoms with Crippen LogP contribution in [0, 0.1) is 12.8 Å². The monoisotopic (exact) mass is 359 g/mol. The van der Waals surface area contributed by atoms with Crippen LogP contribution in [0.2, 0.25) is 0 Å². The average Bonchev–Trinajstić information content (AvgIpc) is 3.03. The van der Waals surface area contributed by atoms with E-state index < -0.39 is 0 Å². The van der Waals surface area contributed by atoms with Gasteiger partial charge in [-0.05, 0) is 80.8 Å². The summed E-state index contributed by atoms with van der Waals surface area (Å²) < 4.78 is 2.50. The van der Waals surface area contributed by atoms with E-state index in [0.717, 1.165) is 19.0 Å². The van der Waals surface area contributed by atoms with Gasteiger partial charge in [-0.25, -0.2) is 4.98 Å². The third-order valence-corrected chi connectivity index (χ3v) is 6.41. The third-order valence-electron chi connectivity index (χ3n) is 6.41. The molecule has 2 aliphatic heterocycles. The van der Waals surface area contributed by atoms with Crippen molar-refractivity contribution in [1.29, 1.82) is 0 Å². The lowest BCUT2D eigenvalue weighted by atomic mass is 9.90. The Hall–Kier alpha value is -2.13. The van der Waals surface area contributed by atoms with Gasteiger partial charge in [-0.1, -0.05) is 36.4 Å². The average molecular weight is 360 g/mol. The molecule has 0 N–H and O–H groups in total. The molecule has 1 saturated heterocycles. The van der Waals surface area contributed by atoms with Crippen molar-refractivity contribution in [3.8, 4) is 0 Å². The Balaban J connectivity index is 1.28. The Labute approximate surface area is 162 Å². The third kappa shape index (κ3) is 3.41. The molecule has 3 heterocycles. The first-order valence-electron chi connectivity index (χ1n) is 10.5. The summed E-state index contributed by atoms with van der Waals surface area (Å²) in [7, 11) is 0. The molecule has 2 aliphatic rings. The summed E-state index contributed by atoms with van der Waals surface area (Å²) in [6, 6.07) is 15.6. The van der Waals surface area contributed by atoms with Crippen molar-refractivity contribution in [2.75, 3.05) is 13.1 Å². The smallest absolute Gasteiger partial charge is 0.124 e. The zero-order chi connectivity index (χ0) is 18.2. The predicted octanol–water partition coefficient (Wildman–Crippen LogP) is 4.75. The highest BCUT2D eigenvalue weighted by Crippen LogP contribution is 2.29. The second-order valence-corrected chi connectivity index (χ2v) is 8.48. The largest absolute Gasteiger partial charge is 0.327 e. The van der Waals surface area contributed by atoms with Crippen LogP contribution in [-0.4, -0.2) is 27.5 Å². The molecule has 0 amide bonds. The van der Waals surface area contributed by atoms with Crippen LogP contribution in [-0.2, 0) is 25.9 Å². The second kappa shape index (κ2) is 7.12. The molecule has 0 unspecified atom stereocenters. The fourth-order valence-corrected chi connectivity index (χ4v) is 5.03. The van der Waals surface area contributed by atoms with Gasteiger partial charge in [0.05, 0.1) is 17.6 Å². The molecule has 0 aliphatic carbocycles. The van der Waals surface area contributed by atoms with Gasteiger partial charge in [0.2, 0.25) is 0 Å². The molecule has 3 nitrogen and oxygen atoms in total. The number of hydrogen-bond acceptors (Lipinski definition) is 2. The minimum Gasteiger partial charge on any atom is -0.327 e. The Morgan fingerprint density at radius 2 is 1.85 bits per heavy atom. The molecule has 3 aromatic rings. The highest BCUT2D eigenvalue weighted by Gasteiger charge is 2.23. The topological polar surface area (TPSA) is 21.1 Å². The van der Waals surface area contributed by atoms with Crippen molar-refractivity contribution >= 4 is 11.0 Å². The van der Waals surface area contributed by atoms with Gasteiger partial charge in [-0.3, -0.25) is 4.90 Å². The van der Waals surface area contributed by atoms with Crippen LogP contribution in [0.3, 0.4) is 0 Å². The molecule has 0 bridgehead atoms. The van der Waals surface area contributed by atoms with Crippen LogP contribution in [0.1, 0.15) is 41.8 Å². The van der Waals surface area contributed by atoms with E-state index in [4.69, 9.17) is 4.98 Å². The number of hydrogen-bond donors (Lipinski definition) is 0. The van der Waals surface area contributed by atoms with Gasteiger partial charge in [-0.2, -0.15) is 0 Å². The van der Waals surface area contributed by atoms with E-state index in [1.807, 2.05) is 0 Å². The molecule has 0 atom stereocenters. The van der Waals surface area contributed by atoms with Crippen molar-refractivity contribution in [3.05, 3.63) is 65.0 Å². The summed E-state index contributed by atoms with van der Waals surface area (Å²) in [5, 5.41) is 0. The van der Waals surface area contributed by atoms with E-state index in [2.05, 4.69) is 58.9 Å². The quantitative estimate of drug-likeness (QED) is 0.670. The maximum absolute atomic E-state index is 5.05. The van der Waals surface area contributed by atoms with Gasteiger partial charge in [-0.15, -0.1) is 0 Å². The summed E-state index contributed by atoms with van der Waals surface area (Å²) in [5.74, 6) is 2.11. The van der Waals surface area contributed by atoms with E-state index in [-0.39, 0.29) is 0 Å². The summed E-state index contributed by atoms with van der Waals surface area (Å²) in [5.41, 5.74) is 6.94. The number of aromatic nitrogens is 2. The fourth-order valence-electron chi connectivity index (χ4n) is 5.03. The highest BCUT2D eigenvalue weighted by atomic mass is 15.2. The van der Waals surface area contributed by atoms with Gasteiger partial charge in [0.1, 0.15) is 5.82 Å². The lowest BCUT2D eigenvalue weighted by Crippen LogP contribution is -2.34. The lowest BCUT2D eigenvalue weighted by Gasteiger charge is -2.32. The summed E-state index contributed by atoms with van der Waals surface area (Å²) in [4.78, 5) is 7.67. The number of aryl methyl sites for hydroxylation is 3. The fraction of sp³-hybridized carbons (Fsp3) is 0.458. The summed E-state index contributed by atoms with van der Waals surface area (Å²) in [6.45, 7) is 6.73. The first-order chi connectivity index (χ1) is 13.3. The number of benzene rings is 2. The number of rotatable bonds is 4. The molecule has 0 radical (unpaired) electrons. The Morgan fingerprint density at radius 3 is 2.67 bits per heavy atom. The maximum Gasteiger partial charge on any atom is 0.124 e. The lowest BCUT2D eigenvalue weighted by molar-refractivity contribution is 0.171. The molecule has 1 fully saturated rings. The molecular formula is C24H29N3. The molecule has 27 heavy (non-hydrogen) atoms. The number of piperidine rings is 1. The van der Waals surface area contributed by atoms with Crippen LogP contribution >= 0.6 is 0 Å². The number of nitrogens with zero attached hydrogens (tertiary/aromatic N) is 3. The van der Waals surface area contributed by atoms with E-state index >= 15 is 0 Å². The standard InChI is InChI=1S/C24H29N3/c1-18-14-21-8-5-11-27-23(25-22(15-18)24(21)27)17-26-12-9-20(10-13-26)16-19-6-3-2-4-7-19/h2-4,6-7,14-15,20H,5,8-13,16-17H2,1H3. The molecule has 0 saturated carbocycles. The highest BCUT2D eigenvalue weighted by molar-refractivity contribution is 5.81. The van der Waals surface area contributed by atoms with Gasteiger partial charge >= 0.3 is 0 Å². The van der Waals surface area contributed by atoms with Crippen LogP contribution < -0.4 is 0 Å². The Bertz CT molecular complexity index is 933. The van der Waals surface area contributed by atoms with Crippen molar-refractivity contribution in [2.45, 2.75) is 52.1 Å². The zero-order valence-electron chi connectivity index (χ0n) is 16.3. The normalized spacial score (nSPS) is 18.3. The molecule has 0 spiro atoms. The molecule has 5 rings (SSSR count). The van der Waals surface area contributed by atoms with Crippen molar-refractivity contribution in [3.63, 3.8) is 0 Å². The second-order valence-electron chi connectivity index (χ2n) is 8.48. The molecular weight excluding hydrogens is 330 g/mol. The molecule has 3 heteroatoms. The molecule has 1 aromatic heterocycles. The first-order valence-corrected chi connectivity index (χ1v) is 10.5. The number of likely N-dealkylation sites (tertiary alicyclic amines) is 1. The van der Waals surface area contributed by atoms with E-state index in [1.165, 1.54) is 78.7 Å². The van der Waals surface area contributed by atoms with E-state index in [1.54, 1.807) is 0 Å². The van der Waals surface area contributed by atoms with Crippen molar-refractivity contribution in [1.82, 2.24) is 14.5 Å². The molecule has 140 valence electrons. The van der Waals surface area contributed by atoms with Crippen LogP contribution in [0.25, 0.3) is 11.0 Å². The van der Waals surface area contributed by atoms with Gasteiger partial charge in [0.15, 0.2) is 0 Å². The Kier molecular flexibility index (Phi) is 4.48. The van der Waals surface area contributed by atoms with Crippen molar-refractivity contribution in [2.24, 2.45) is 5.92 Å². The van der Waals surface area contributed by atoms with E-state index in [0.29, 0.717) is 0 Å². The van der Waals surface area contributed by atoms with Crippen molar-refractivity contribution < 1.29 is 0 Å². The maximum atomic E-state index is 5.05. The van der Waals surface area contributed by atoms with E-state index in [9.17, 15) is 0 Å². The minimum atomic E-state index is 0.829. The SMILES string of the molecule is Cc1cc2c3c(c1)nc(CN1CCC(Cc4ccccc4)CC1)n3CCC2. The van der Waals surface area contributed by atoms with Crippen LogP contribution in [0.15, 0.2) is 42.5 Å². The van der Waals surface area contributed by atoms with Gasteiger partial charge in [0, 0.05) is 6.54 Å².